The molecule has 3 nitrogen and oxygen atoms in total. The summed E-state index contributed by atoms with van der Waals surface area (Å²) >= 11 is 7.41. The predicted molar refractivity (Wildman–Crippen MR) is 64.0 cm³/mol. The average molecular weight is 277 g/mol. The van der Waals surface area contributed by atoms with Gasteiger partial charge in [0.2, 0.25) is 0 Å². The second kappa shape index (κ2) is 4.98. The maximum absolute atomic E-state index is 11.7. The van der Waals surface area contributed by atoms with E-state index in [1.165, 1.54) is 0 Å². The zero-order valence-electron chi connectivity index (χ0n) is 8.20. The Labute approximate surface area is 97.1 Å². The van der Waals surface area contributed by atoms with Crippen molar-refractivity contribution < 1.29 is 0 Å². The summed E-state index contributed by atoms with van der Waals surface area (Å²) in [5, 5.41) is 0. The molecule has 0 aliphatic rings. The fourth-order valence-corrected chi connectivity index (χ4v) is 1.52. The summed E-state index contributed by atoms with van der Waals surface area (Å²) in [6, 6.07) is 0. The van der Waals surface area contributed by atoms with Crippen molar-refractivity contribution in [2.75, 3.05) is 5.75 Å². The highest BCUT2D eigenvalue weighted by Gasteiger charge is 2.07. The smallest absolute Gasteiger partial charge is 0.267 e. The molecule has 0 aliphatic heterocycles. The van der Waals surface area contributed by atoms with E-state index in [0.29, 0.717) is 16.9 Å². The van der Waals surface area contributed by atoms with Gasteiger partial charge in [0, 0.05) is 6.54 Å². The number of hydrogen-bond acceptors (Lipinski definition) is 3. The van der Waals surface area contributed by atoms with Gasteiger partial charge in [0.1, 0.15) is 4.47 Å². The van der Waals surface area contributed by atoms with Crippen LogP contribution in [-0.4, -0.2) is 15.3 Å². The van der Waals surface area contributed by atoms with Crippen molar-refractivity contribution in [3.8, 4) is 0 Å². The van der Waals surface area contributed by atoms with Crippen molar-refractivity contribution in [2.45, 2.75) is 20.4 Å². The first-order valence-corrected chi connectivity index (χ1v) is 5.81. The first kappa shape index (κ1) is 11.8. The van der Waals surface area contributed by atoms with Gasteiger partial charge in [0.05, 0.1) is 12.0 Å². The Morgan fingerprint density at radius 1 is 1.71 bits per heavy atom. The Morgan fingerprint density at radius 2 is 2.36 bits per heavy atom. The van der Waals surface area contributed by atoms with E-state index in [1.54, 1.807) is 17.8 Å². The minimum Gasteiger partial charge on any atom is -0.298 e. The number of thiol groups is 1. The topological polar surface area (TPSA) is 34.9 Å². The molecular weight excluding hydrogens is 264 g/mol. The minimum absolute atomic E-state index is 0.0221. The standard InChI is InChI=1S/C9H13BrN2OS/c1-6(4-14)3-12-5-11-7(2)8(10)9(12)13/h5-6,14H,3-4H2,1-2H3. The fourth-order valence-electron chi connectivity index (χ4n) is 1.07. The van der Waals surface area contributed by atoms with Gasteiger partial charge in [-0.1, -0.05) is 6.92 Å². The minimum atomic E-state index is -0.0221. The molecule has 1 aromatic rings. The quantitative estimate of drug-likeness (QED) is 0.856. The summed E-state index contributed by atoms with van der Waals surface area (Å²) in [6.07, 6.45) is 1.59. The highest BCUT2D eigenvalue weighted by Crippen LogP contribution is 2.07. The molecule has 0 aromatic carbocycles. The van der Waals surface area contributed by atoms with Crippen LogP contribution in [0.5, 0.6) is 0 Å². The van der Waals surface area contributed by atoms with Crippen LogP contribution in [0.25, 0.3) is 0 Å². The van der Waals surface area contributed by atoms with Crippen molar-refractivity contribution in [3.63, 3.8) is 0 Å². The molecule has 14 heavy (non-hydrogen) atoms. The lowest BCUT2D eigenvalue weighted by Crippen LogP contribution is -2.25. The van der Waals surface area contributed by atoms with Crippen LogP contribution in [0, 0.1) is 12.8 Å². The second-order valence-electron chi connectivity index (χ2n) is 3.39. The van der Waals surface area contributed by atoms with Gasteiger partial charge < -0.3 is 0 Å². The van der Waals surface area contributed by atoms with E-state index in [2.05, 4.69) is 33.5 Å². The molecule has 1 aromatic heterocycles. The summed E-state index contributed by atoms with van der Waals surface area (Å²) in [5.41, 5.74) is 0.705. The van der Waals surface area contributed by atoms with Crippen molar-refractivity contribution in [2.24, 2.45) is 5.92 Å². The fraction of sp³-hybridized carbons (Fsp3) is 0.556. The van der Waals surface area contributed by atoms with Gasteiger partial charge in [-0.05, 0) is 34.5 Å². The molecular formula is C9H13BrN2OS. The van der Waals surface area contributed by atoms with E-state index >= 15 is 0 Å². The van der Waals surface area contributed by atoms with Crippen molar-refractivity contribution in [1.82, 2.24) is 9.55 Å². The highest BCUT2D eigenvalue weighted by molar-refractivity contribution is 9.10. The van der Waals surface area contributed by atoms with E-state index < -0.39 is 0 Å². The Morgan fingerprint density at radius 3 is 2.93 bits per heavy atom. The number of aromatic nitrogens is 2. The van der Waals surface area contributed by atoms with Crippen LogP contribution in [-0.2, 0) is 6.54 Å². The molecule has 0 fully saturated rings. The number of aryl methyl sites for hydroxylation is 1. The van der Waals surface area contributed by atoms with Crippen LogP contribution in [0.15, 0.2) is 15.6 Å². The maximum atomic E-state index is 11.7. The highest BCUT2D eigenvalue weighted by atomic mass is 79.9. The van der Waals surface area contributed by atoms with Gasteiger partial charge in [0.15, 0.2) is 0 Å². The molecule has 0 spiro atoms. The predicted octanol–water partition coefficient (Wildman–Crippen LogP) is 1.88. The lowest BCUT2D eigenvalue weighted by atomic mass is 10.2. The lowest BCUT2D eigenvalue weighted by molar-refractivity contribution is 0.510. The van der Waals surface area contributed by atoms with Crippen molar-refractivity contribution in [1.29, 1.82) is 0 Å². The van der Waals surface area contributed by atoms with E-state index in [4.69, 9.17) is 0 Å². The van der Waals surface area contributed by atoms with Crippen LogP contribution in [0.1, 0.15) is 12.6 Å². The van der Waals surface area contributed by atoms with E-state index in [-0.39, 0.29) is 5.56 Å². The Balaban J connectivity index is 3.00. The molecule has 78 valence electrons. The maximum Gasteiger partial charge on any atom is 0.267 e. The van der Waals surface area contributed by atoms with Gasteiger partial charge in [-0.25, -0.2) is 4.98 Å². The SMILES string of the molecule is Cc1ncn(CC(C)CS)c(=O)c1Br. The molecule has 1 atom stereocenters. The van der Waals surface area contributed by atoms with Gasteiger partial charge in [-0.3, -0.25) is 9.36 Å². The molecule has 1 unspecified atom stereocenters. The first-order valence-electron chi connectivity index (χ1n) is 4.38. The van der Waals surface area contributed by atoms with Gasteiger partial charge in [-0.15, -0.1) is 0 Å². The Kier molecular flexibility index (Phi) is 4.19. The van der Waals surface area contributed by atoms with Crippen molar-refractivity contribution in [3.05, 3.63) is 26.8 Å². The average Bonchev–Trinajstić information content (AvgIpc) is 2.19. The van der Waals surface area contributed by atoms with Crippen LogP contribution < -0.4 is 5.56 Å². The van der Waals surface area contributed by atoms with E-state index in [1.807, 2.05) is 6.92 Å². The number of nitrogens with zero attached hydrogens (tertiary/aromatic N) is 2. The van der Waals surface area contributed by atoms with Crippen molar-refractivity contribution >= 4 is 28.6 Å². The molecule has 0 saturated carbocycles. The van der Waals surface area contributed by atoms with Gasteiger partial charge >= 0.3 is 0 Å². The zero-order valence-corrected chi connectivity index (χ0v) is 10.7. The summed E-state index contributed by atoms with van der Waals surface area (Å²) in [5.74, 6) is 1.13. The van der Waals surface area contributed by atoms with E-state index in [0.717, 1.165) is 11.4 Å². The molecule has 0 radical (unpaired) electrons. The molecule has 0 saturated heterocycles. The molecule has 0 N–H and O–H groups in total. The molecule has 1 heterocycles. The van der Waals surface area contributed by atoms with Crippen LogP contribution in [0.3, 0.4) is 0 Å². The molecule has 0 amide bonds. The third-order valence-corrected chi connectivity index (χ3v) is 3.51. The number of hydrogen-bond donors (Lipinski definition) is 1. The van der Waals surface area contributed by atoms with Crippen LogP contribution in [0.2, 0.25) is 0 Å². The summed E-state index contributed by atoms with van der Waals surface area (Å²) in [4.78, 5) is 15.8. The monoisotopic (exact) mass is 276 g/mol. The molecule has 0 bridgehead atoms. The largest absolute Gasteiger partial charge is 0.298 e. The third kappa shape index (κ3) is 2.60. The summed E-state index contributed by atoms with van der Waals surface area (Å²) in [7, 11) is 0. The summed E-state index contributed by atoms with van der Waals surface area (Å²) in [6.45, 7) is 4.51. The van der Waals surface area contributed by atoms with Gasteiger partial charge in [-0.2, -0.15) is 12.6 Å². The zero-order chi connectivity index (χ0) is 10.7. The number of halogens is 1. The normalized spacial score (nSPS) is 12.9. The Bertz CT molecular complexity index is 378. The lowest BCUT2D eigenvalue weighted by Gasteiger charge is -2.10. The molecule has 1 rings (SSSR count). The van der Waals surface area contributed by atoms with Crippen LogP contribution in [0.4, 0.5) is 0 Å². The molecule has 5 heteroatoms. The first-order chi connectivity index (χ1) is 6.56. The third-order valence-electron chi connectivity index (χ3n) is 1.98. The Hall–Kier alpha value is -0.290. The summed E-state index contributed by atoms with van der Waals surface area (Å²) < 4.78 is 2.16. The van der Waals surface area contributed by atoms with E-state index in [9.17, 15) is 4.79 Å². The second-order valence-corrected chi connectivity index (χ2v) is 4.55. The molecule has 0 aliphatic carbocycles. The van der Waals surface area contributed by atoms with Crippen LogP contribution >= 0.6 is 28.6 Å². The van der Waals surface area contributed by atoms with Gasteiger partial charge in [0.25, 0.3) is 5.56 Å². The number of rotatable bonds is 3.